The van der Waals surface area contributed by atoms with Gasteiger partial charge in [0.05, 0.1) is 16.8 Å². The highest BCUT2D eigenvalue weighted by molar-refractivity contribution is 7.22. The van der Waals surface area contributed by atoms with Crippen molar-refractivity contribution in [3.63, 3.8) is 0 Å². The molecule has 0 atom stereocenters. The summed E-state index contributed by atoms with van der Waals surface area (Å²) < 4.78 is 2.94. The number of nitrogens with zero attached hydrogens (tertiary/aromatic N) is 4. The van der Waals surface area contributed by atoms with Crippen LogP contribution in [0.4, 0.5) is 5.13 Å². The van der Waals surface area contributed by atoms with Crippen LogP contribution in [-0.4, -0.2) is 27.2 Å². The summed E-state index contributed by atoms with van der Waals surface area (Å²) in [4.78, 5) is 20.1. The number of aryl methyl sites for hydroxylation is 4. The van der Waals surface area contributed by atoms with Crippen LogP contribution >= 0.6 is 11.3 Å². The number of carbonyl (C=O) groups is 1. The maximum absolute atomic E-state index is 13.5. The number of rotatable bonds is 5. The Bertz CT molecular complexity index is 1180. The predicted octanol–water partition coefficient (Wildman–Crippen LogP) is 5.07. The summed E-state index contributed by atoms with van der Waals surface area (Å²) in [5.74, 6) is -0.0336. The molecule has 0 saturated heterocycles. The molecule has 6 heteroatoms. The van der Waals surface area contributed by atoms with Crippen LogP contribution in [0.2, 0.25) is 0 Å². The zero-order valence-corrected chi connectivity index (χ0v) is 18.0. The Kier molecular flexibility index (Phi) is 5.20. The third-order valence-electron chi connectivity index (χ3n) is 5.16. The lowest BCUT2D eigenvalue weighted by Crippen LogP contribution is -2.34. The van der Waals surface area contributed by atoms with Gasteiger partial charge in [-0.1, -0.05) is 23.5 Å². The van der Waals surface area contributed by atoms with Crippen LogP contribution in [0.25, 0.3) is 10.2 Å². The Morgan fingerprint density at radius 1 is 1.07 bits per heavy atom. The summed E-state index contributed by atoms with van der Waals surface area (Å²) >= 11 is 1.57. The predicted molar refractivity (Wildman–Crippen MR) is 119 cm³/mol. The minimum absolute atomic E-state index is 0.0336. The number of amides is 1. The quantitative estimate of drug-likeness (QED) is 0.466. The van der Waals surface area contributed by atoms with Crippen molar-refractivity contribution in [1.29, 1.82) is 0 Å². The van der Waals surface area contributed by atoms with Crippen molar-refractivity contribution in [1.82, 2.24) is 14.8 Å². The van der Waals surface area contributed by atoms with Gasteiger partial charge in [-0.3, -0.25) is 14.4 Å². The molecule has 148 valence electrons. The van der Waals surface area contributed by atoms with E-state index in [-0.39, 0.29) is 5.91 Å². The molecule has 0 aliphatic carbocycles. The van der Waals surface area contributed by atoms with E-state index in [0.717, 1.165) is 26.5 Å². The molecule has 4 rings (SSSR count). The van der Waals surface area contributed by atoms with Gasteiger partial charge in [0.25, 0.3) is 5.91 Å². The average molecular weight is 405 g/mol. The van der Waals surface area contributed by atoms with Gasteiger partial charge in [0.15, 0.2) is 5.13 Å². The molecule has 5 nitrogen and oxygen atoms in total. The minimum atomic E-state index is -0.0336. The Hall–Kier alpha value is -2.99. The monoisotopic (exact) mass is 404 g/mol. The van der Waals surface area contributed by atoms with E-state index >= 15 is 0 Å². The summed E-state index contributed by atoms with van der Waals surface area (Å²) in [6, 6.07) is 12.0. The molecule has 2 aromatic heterocycles. The van der Waals surface area contributed by atoms with E-state index in [9.17, 15) is 4.79 Å². The molecular formula is C23H24N4OS. The Labute approximate surface area is 174 Å². The standard InChI is InChI=1S/C23H24N4OS/c1-15-12-18(4)21-20(13-15)29-23(25-21)27(11-10-26-9-5-8-24-26)22(28)19-7-6-16(2)17(3)14-19/h5-9,12-14H,10-11H2,1-4H3. The lowest BCUT2D eigenvalue weighted by Gasteiger charge is -2.20. The van der Waals surface area contributed by atoms with Gasteiger partial charge >= 0.3 is 0 Å². The van der Waals surface area contributed by atoms with Crippen molar-refractivity contribution in [3.05, 3.63) is 76.6 Å². The fourth-order valence-corrected chi connectivity index (χ4v) is 4.59. The molecule has 0 aliphatic rings. The van der Waals surface area contributed by atoms with Crippen LogP contribution < -0.4 is 4.90 Å². The van der Waals surface area contributed by atoms with Gasteiger partial charge in [0.2, 0.25) is 0 Å². The number of carbonyl (C=O) groups excluding carboxylic acids is 1. The number of aromatic nitrogens is 3. The zero-order valence-electron chi connectivity index (χ0n) is 17.1. The van der Waals surface area contributed by atoms with E-state index in [1.807, 2.05) is 42.1 Å². The maximum Gasteiger partial charge on any atom is 0.260 e. The molecule has 1 amide bonds. The van der Waals surface area contributed by atoms with Crippen molar-refractivity contribution in [3.8, 4) is 0 Å². The van der Waals surface area contributed by atoms with E-state index in [1.165, 1.54) is 11.1 Å². The van der Waals surface area contributed by atoms with Crippen LogP contribution in [0.3, 0.4) is 0 Å². The first-order chi connectivity index (χ1) is 13.9. The fourth-order valence-electron chi connectivity index (χ4n) is 3.42. The molecule has 2 aromatic carbocycles. The van der Waals surface area contributed by atoms with Crippen LogP contribution in [-0.2, 0) is 6.54 Å². The normalized spacial score (nSPS) is 11.2. The molecule has 0 fully saturated rings. The maximum atomic E-state index is 13.5. The largest absolute Gasteiger partial charge is 0.282 e. The first kappa shape index (κ1) is 19.3. The van der Waals surface area contributed by atoms with Crippen molar-refractivity contribution < 1.29 is 4.79 Å². The Balaban J connectivity index is 1.74. The van der Waals surface area contributed by atoms with Crippen molar-refractivity contribution in [2.45, 2.75) is 34.2 Å². The lowest BCUT2D eigenvalue weighted by molar-refractivity contribution is 0.0985. The van der Waals surface area contributed by atoms with Gasteiger partial charge in [-0.25, -0.2) is 4.98 Å². The summed E-state index contributed by atoms with van der Waals surface area (Å²) in [6.45, 7) is 9.35. The molecule has 0 radical (unpaired) electrons. The van der Waals surface area contributed by atoms with Gasteiger partial charge in [-0.05, 0) is 74.2 Å². The second-order valence-corrected chi connectivity index (χ2v) is 8.46. The highest BCUT2D eigenvalue weighted by Crippen LogP contribution is 2.32. The first-order valence-electron chi connectivity index (χ1n) is 9.67. The second-order valence-electron chi connectivity index (χ2n) is 7.45. The van der Waals surface area contributed by atoms with Crippen molar-refractivity contribution in [2.75, 3.05) is 11.4 Å². The van der Waals surface area contributed by atoms with Crippen LogP contribution in [0.15, 0.2) is 48.8 Å². The summed E-state index contributed by atoms with van der Waals surface area (Å²) in [7, 11) is 0. The van der Waals surface area contributed by atoms with Crippen LogP contribution in [0.1, 0.15) is 32.6 Å². The van der Waals surface area contributed by atoms with Gasteiger partial charge in [-0.15, -0.1) is 0 Å². The highest BCUT2D eigenvalue weighted by Gasteiger charge is 2.22. The van der Waals surface area contributed by atoms with E-state index in [2.05, 4.69) is 38.0 Å². The minimum Gasteiger partial charge on any atom is -0.282 e. The summed E-state index contributed by atoms with van der Waals surface area (Å²) in [6.07, 6.45) is 3.66. The molecule has 0 unspecified atom stereocenters. The van der Waals surface area contributed by atoms with Crippen molar-refractivity contribution in [2.24, 2.45) is 0 Å². The molecule has 2 heterocycles. The zero-order chi connectivity index (χ0) is 20.5. The number of hydrogen-bond donors (Lipinski definition) is 0. The number of anilines is 1. The van der Waals surface area contributed by atoms with E-state index < -0.39 is 0 Å². The summed E-state index contributed by atoms with van der Waals surface area (Å²) in [5.41, 5.74) is 6.27. The second kappa shape index (κ2) is 7.79. The number of thiazole rings is 1. The molecule has 0 saturated carbocycles. The SMILES string of the molecule is Cc1cc(C)c2nc(N(CCn3cccn3)C(=O)c3ccc(C)c(C)c3)sc2c1. The first-order valence-corrected chi connectivity index (χ1v) is 10.5. The smallest absolute Gasteiger partial charge is 0.260 e. The summed E-state index contributed by atoms with van der Waals surface area (Å²) in [5, 5.41) is 5.00. The number of hydrogen-bond acceptors (Lipinski definition) is 4. The van der Waals surface area contributed by atoms with Crippen LogP contribution in [0, 0.1) is 27.7 Å². The topological polar surface area (TPSA) is 51.0 Å². The fraction of sp³-hybridized carbons (Fsp3) is 0.261. The van der Waals surface area contributed by atoms with Crippen LogP contribution in [0.5, 0.6) is 0 Å². The molecular weight excluding hydrogens is 380 g/mol. The van der Waals surface area contributed by atoms with Gasteiger partial charge in [-0.2, -0.15) is 5.10 Å². The van der Waals surface area contributed by atoms with Gasteiger partial charge in [0.1, 0.15) is 0 Å². The lowest BCUT2D eigenvalue weighted by atomic mass is 10.1. The van der Waals surface area contributed by atoms with Gasteiger partial charge < -0.3 is 0 Å². The van der Waals surface area contributed by atoms with Crippen molar-refractivity contribution >= 4 is 32.6 Å². The third kappa shape index (κ3) is 3.93. The van der Waals surface area contributed by atoms with E-state index in [0.29, 0.717) is 18.7 Å². The molecule has 0 spiro atoms. The number of benzene rings is 2. The Morgan fingerprint density at radius 2 is 1.90 bits per heavy atom. The average Bonchev–Trinajstić information content (AvgIpc) is 3.34. The highest BCUT2D eigenvalue weighted by atomic mass is 32.1. The van der Waals surface area contributed by atoms with E-state index in [4.69, 9.17) is 4.98 Å². The van der Waals surface area contributed by atoms with E-state index in [1.54, 1.807) is 22.4 Å². The number of fused-ring (bicyclic) bond motifs is 1. The molecule has 4 aromatic rings. The van der Waals surface area contributed by atoms with Gasteiger partial charge in [0, 0.05) is 24.5 Å². The Morgan fingerprint density at radius 3 is 2.62 bits per heavy atom. The molecule has 29 heavy (non-hydrogen) atoms. The molecule has 0 N–H and O–H groups in total. The third-order valence-corrected chi connectivity index (χ3v) is 6.19. The molecule has 0 bridgehead atoms. The molecule has 0 aliphatic heterocycles.